The maximum absolute atomic E-state index is 12.8. The molecule has 0 aromatic heterocycles. The predicted octanol–water partition coefficient (Wildman–Crippen LogP) is 16.5. The lowest BCUT2D eigenvalue weighted by molar-refractivity contribution is -0.870. The first-order valence-electron chi connectivity index (χ1n) is 28.2. The molecule has 0 N–H and O–H groups in total. The number of quaternary nitrogens is 1. The summed E-state index contributed by atoms with van der Waals surface area (Å²) in [6.07, 6.45) is 52.8. The minimum Gasteiger partial charge on any atom is -0.756 e. The summed E-state index contributed by atoms with van der Waals surface area (Å²) >= 11 is 0. The standard InChI is InChI=1S/C55H110NO8P/c1-6-8-10-12-14-16-18-20-22-24-25-26-27-28-29-30-32-34-36-38-40-42-44-46-48-55(58)64-53(52-63-65(59,60)62-50-49-56(3,4)5)51-61-54(57)47-45-43-41-39-37-35-33-31-23-21-19-17-15-13-11-9-7-2/h53H,6-52H2,1-5H3. The Morgan fingerprint density at radius 3 is 0.985 bits per heavy atom. The van der Waals surface area contributed by atoms with Gasteiger partial charge in [0.25, 0.3) is 7.82 Å². The molecule has 9 nitrogen and oxygen atoms in total. The molecule has 0 aliphatic carbocycles. The average Bonchev–Trinajstić information content (AvgIpc) is 3.26. The monoisotopic (exact) mass is 944 g/mol. The number of likely N-dealkylation sites (N-methyl/N-ethyl adjacent to an activating group) is 1. The van der Waals surface area contributed by atoms with Gasteiger partial charge in [-0.05, 0) is 12.8 Å². The molecule has 2 atom stereocenters. The van der Waals surface area contributed by atoms with Gasteiger partial charge >= 0.3 is 11.9 Å². The third kappa shape index (κ3) is 52.2. The molecule has 0 saturated carbocycles. The molecule has 0 rings (SSSR count). The lowest BCUT2D eigenvalue weighted by Crippen LogP contribution is -2.37. The SMILES string of the molecule is CCCCCCCCCCCCCCCCCCCCCCCCCCC(=O)OC(COC(=O)CCCCCCCCCCCCCCCCCCC)COP(=O)([O-])OCC[N+](C)(C)C. The number of nitrogens with zero attached hydrogens (tertiary/aromatic N) is 1. The Hall–Kier alpha value is -0.990. The Bertz CT molecular complexity index is 1070. The van der Waals surface area contributed by atoms with Crippen molar-refractivity contribution in [2.75, 3.05) is 47.5 Å². The van der Waals surface area contributed by atoms with Gasteiger partial charge in [-0.2, -0.15) is 0 Å². The molecule has 0 aliphatic rings. The molecule has 0 aromatic rings. The first-order chi connectivity index (χ1) is 31.5. The zero-order valence-corrected chi connectivity index (χ0v) is 44.9. The van der Waals surface area contributed by atoms with Crippen LogP contribution < -0.4 is 4.89 Å². The minimum atomic E-state index is -4.62. The van der Waals surface area contributed by atoms with E-state index in [9.17, 15) is 19.0 Å². The zero-order valence-electron chi connectivity index (χ0n) is 44.0. The van der Waals surface area contributed by atoms with E-state index in [2.05, 4.69) is 13.8 Å². The molecule has 0 fully saturated rings. The van der Waals surface area contributed by atoms with Crippen LogP contribution in [0.2, 0.25) is 0 Å². The van der Waals surface area contributed by atoms with Crippen LogP contribution in [0.3, 0.4) is 0 Å². The summed E-state index contributed by atoms with van der Waals surface area (Å²) in [5.41, 5.74) is 0. The van der Waals surface area contributed by atoms with E-state index in [-0.39, 0.29) is 32.0 Å². The van der Waals surface area contributed by atoms with Gasteiger partial charge in [0, 0.05) is 12.8 Å². The van der Waals surface area contributed by atoms with Gasteiger partial charge in [-0.15, -0.1) is 0 Å². The largest absolute Gasteiger partial charge is 0.756 e. The molecule has 0 aliphatic heterocycles. The van der Waals surface area contributed by atoms with Gasteiger partial charge in [-0.1, -0.05) is 264 Å². The Kier molecular flexibility index (Phi) is 47.3. The maximum Gasteiger partial charge on any atom is 0.306 e. The van der Waals surface area contributed by atoms with Crippen LogP contribution >= 0.6 is 7.82 Å². The molecular formula is C55H110NO8P. The van der Waals surface area contributed by atoms with Gasteiger partial charge in [0.2, 0.25) is 0 Å². The van der Waals surface area contributed by atoms with Crippen molar-refractivity contribution in [1.29, 1.82) is 0 Å². The van der Waals surface area contributed by atoms with Gasteiger partial charge < -0.3 is 27.9 Å². The minimum absolute atomic E-state index is 0.0252. The maximum atomic E-state index is 12.8. The van der Waals surface area contributed by atoms with E-state index >= 15 is 0 Å². The van der Waals surface area contributed by atoms with Crippen molar-refractivity contribution in [2.24, 2.45) is 0 Å². The Balaban J connectivity index is 4.11. The van der Waals surface area contributed by atoms with Crippen LogP contribution in [0.1, 0.15) is 290 Å². The normalized spacial score (nSPS) is 13.3. The smallest absolute Gasteiger partial charge is 0.306 e. The summed E-state index contributed by atoms with van der Waals surface area (Å²) < 4.78 is 34.1. The van der Waals surface area contributed by atoms with Crippen molar-refractivity contribution >= 4 is 19.8 Å². The molecule has 388 valence electrons. The molecule has 0 saturated heterocycles. The molecule has 2 unspecified atom stereocenters. The highest BCUT2D eigenvalue weighted by Gasteiger charge is 2.22. The highest BCUT2D eigenvalue weighted by molar-refractivity contribution is 7.45. The number of unbranched alkanes of at least 4 members (excludes halogenated alkanes) is 39. The summed E-state index contributed by atoms with van der Waals surface area (Å²) in [5, 5.41) is 0. The molecule has 0 spiro atoms. The molecule has 10 heteroatoms. The van der Waals surface area contributed by atoms with E-state index in [1.54, 1.807) is 0 Å². The highest BCUT2D eigenvalue weighted by atomic mass is 31.2. The van der Waals surface area contributed by atoms with Gasteiger partial charge in [0.1, 0.15) is 19.8 Å². The third-order valence-corrected chi connectivity index (χ3v) is 13.8. The van der Waals surface area contributed by atoms with Gasteiger partial charge in [-0.25, -0.2) is 0 Å². The van der Waals surface area contributed by atoms with Crippen molar-refractivity contribution in [1.82, 2.24) is 0 Å². The van der Waals surface area contributed by atoms with E-state index in [4.69, 9.17) is 18.5 Å². The van der Waals surface area contributed by atoms with Crippen LogP contribution in [0.25, 0.3) is 0 Å². The number of carbonyl (C=O) groups is 2. The van der Waals surface area contributed by atoms with Crippen LogP contribution in [-0.2, 0) is 32.7 Å². The fourth-order valence-corrected chi connectivity index (χ4v) is 9.21. The van der Waals surface area contributed by atoms with Crippen molar-refractivity contribution < 1.29 is 42.1 Å². The zero-order chi connectivity index (χ0) is 47.8. The van der Waals surface area contributed by atoms with E-state index in [0.717, 1.165) is 32.1 Å². The van der Waals surface area contributed by atoms with Crippen LogP contribution in [0, 0.1) is 0 Å². The fraction of sp³-hybridized carbons (Fsp3) is 0.964. The average molecular weight is 944 g/mol. The number of phosphoric ester groups is 1. The van der Waals surface area contributed by atoms with Crippen LogP contribution in [0.4, 0.5) is 0 Å². The van der Waals surface area contributed by atoms with E-state index in [0.29, 0.717) is 17.4 Å². The van der Waals surface area contributed by atoms with E-state index < -0.39 is 26.5 Å². The predicted molar refractivity (Wildman–Crippen MR) is 273 cm³/mol. The summed E-state index contributed by atoms with van der Waals surface area (Å²) in [7, 11) is 1.19. The van der Waals surface area contributed by atoms with E-state index in [1.165, 1.54) is 225 Å². The first-order valence-corrected chi connectivity index (χ1v) is 29.7. The lowest BCUT2D eigenvalue weighted by Gasteiger charge is -2.28. The Labute approximate surface area is 404 Å². The van der Waals surface area contributed by atoms with Gasteiger partial charge in [0.15, 0.2) is 6.10 Å². The first kappa shape index (κ1) is 64.0. The van der Waals surface area contributed by atoms with Crippen LogP contribution in [0.15, 0.2) is 0 Å². The summed E-state index contributed by atoms with van der Waals surface area (Å²) in [6.45, 7) is 4.31. The van der Waals surface area contributed by atoms with Crippen LogP contribution in [-0.4, -0.2) is 70.0 Å². The molecule has 65 heavy (non-hydrogen) atoms. The molecular weight excluding hydrogens is 834 g/mol. The molecule has 0 heterocycles. The number of rotatable bonds is 53. The number of hydrogen-bond acceptors (Lipinski definition) is 8. The summed E-state index contributed by atoms with van der Waals surface area (Å²) in [6, 6.07) is 0. The quantitative estimate of drug-likeness (QED) is 0.0257. The lowest BCUT2D eigenvalue weighted by atomic mass is 10.0. The van der Waals surface area contributed by atoms with Crippen molar-refractivity contribution in [2.45, 2.75) is 296 Å². The van der Waals surface area contributed by atoms with Gasteiger partial charge in [-0.3, -0.25) is 14.2 Å². The second-order valence-corrected chi connectivity index (χ2v) is 22.1. The topological polar surface area (TPSA) is 111 Å². The van der Waals surface area contributed by atoms with E-state index in [1.807, 2.05) is 21.1 Å². The number of phosphoric acid groups is 1. The van der Waals surface area contributed by atoms with Gasteiger partial charge in [0.05, 0.1) is 27.7 Å². The van der Waals surface area contributed by atoms with Crippen LogP contribution in [0.5, 0.6) is 0 Å². The fourth-order valence-electron chi connectivity index (χ4n) is 8.48. The van der Waals surface area contributed by atoms with Crippen molar-refractivity contribution in [3.8, 4) is 0 Å². The van der Waals surface area contributed by atoms with Crippen molar-refractivity contribution in [3.05, 3.63) is 0 Å². The number of carbonyl (C=O) groups excluding carboxylic acids is 2. The molecule has 0 aromatic carbocycles. The van der Waals surface area contributed by atoms with Crippen molar-refractivity contribution in [3.63, 3.8) is 0 Å². The summed E-state index contributed by atoms with van der Waals surface area (Å²) in [5.74, 6) is -0.810. The second-order valence-electron chi connectivity index (χ2n) is 20.7. The number of hydrogen-bond donors (Lipinski definition) is 0. The molecule has 0 bridgehead atoms. The number of esters is 2. The molecule has 0 radical (unpaired) electrons. The second kappa shape index (κ2) is 48.1. The summed E-state index contributed by atoms with van der Waals surface area (Å²) in [4.78, 5) is 37.8. The highest BCUT2D eigenvalue weighted by Crippen LogP contribution is 2.38. The molecule has 0 amide bonds. The Morgan fingerprint density at radius 2 is 0.692 bits per heavy atom. The number of ether oxygens (including phenoxy) is 2. The Morgan fingerprint density at radius 1 is 0.415 bits per heavy atom. The third-order valence-electron chi connectivity index (χ3n) is 12.9.